The van der Waals surface area contributed by atoms with Crippen LogP contribution in [-0.4, -0.2) is 28.6 Å². The van der Waals surface area contributed by atoms with Gasteiger partial charge in [0.2, 0.25) is 0 Å². The van der Waals surface area contributed by atoms with Crippen molar-refractivity contribution in [1.82, 2.24) is 10.8 Å². The van der Waals surface area contributed by atoms with Crippen molar-refractivity contribution < 1.29 is 14.8 Å². The highest BCUT2D eigenvalue weighted by atomic mass is 16.5. The molecule has 5 N–H and O–H groups in total. The van der Waals surface area contributed by atoms with Crippen LogP contribution >= 0.6 is 0 Å². The molecule has 0 aliphatic rings. The quantitative estimate of drug-likeness (QED) is 0.436. The first-order chi connectivity index (χ1) is 13.1. The SMILES string of the molecule is CC(c1ccccc1)C(C)c1ccc(C(=O)N[C@H](C(=O)NO)C(C)(C)N)cc1. The lowest BCUT2D eigenvalue weighted by Crippen LogP contribution is -2.61. The Labute approximate surface area is 166 Å². The van der Waals surface area contributed by atoms with E-state index in [-0.39, 0.29) is 5.92 Å². The van der Waals surface area contributed by atoms with Crippen molar-refractivity contribution in [2.45, 2.75) is 51.1 Å². The molecule has 6 nitrogen and oxygen atoms in total. The monoisotopic (exact) mass is 383 g/mol. The first kappa shape index (κ1) is 21.6. The number of benzene rings is 2. The number of carbonyl (C=O) groups is 2. The molecule has 2 aromatic carbocycles. The second kappa shape index (κ2) is 8.99. The summed E-state index contributed by atoms with van der Waals surface area (Å²) in [7, 11) is 0. The lowest BCUT2D eigenvalue weighted by molar-refractivity contribution is -0.132. The number of nitrogens with one attached hydrogen (secondary N) is 2. The van der Waals surface area contributed by atoms with E-state index in [4.69, 9.17) is 10.9 Å². The zero-order valence-corrected chi connectivity index (χ0v) is 16.8. The van der Waals surface area contributed by atoms with Gasteiger partial charge in [-0.25, -0.2) is 5.48 Å². The summed E-state index contributed by atoms with van der Waals surface area (Å²) in [5.41, 5.74) is 9.26. The third kappa shape index (κ3) is 5.18. The van der Waals surface area contributed by atoms with Gasteiger partial charge in [-0.15, -0.1) is 0 Å². The van der Waals surface area contributed by atoms with E-state index in [0.717, 1.165) is 5.56 Å². The molecular weight excluding hydrogens is 354 g/mol. The van der Waals surface area contributed by atoms with Crippen LogP contribution in [0.3, 0.4) is 0 Å². The molecular formula is C22H29N3O3. The highest BCUT2D eigenvalue weighted by Gasteiger charge is 2.33. The van der Waals surface area contributed by atoms with Gasteiger partial charge in [0.1, 0.15) is 6.04 Å². The zero-order chi connectivity index (χ0) is 20.9. The standard InChI is InChI=1S/C22H29N3O3/c1-14(16-8-6-5-7-9-16)15(2)17-10-12-18(13-11-17)20(26)24-19(21(27)25-28)22(3,4)23/h5-15,19,28H,23H2,1-4H3,(H,24,26)(H,25,27)/t14?,15?,19-/m1/s1. The van der Waals surface area contributed by atoms with E-state index in [1.165, 1.54) is 5.56 Å². The summed E-state index contributed by atoms with van der Waals surface area (Å²) in [6.45, 7) is 7.54. The van der Waals surface area contributed by atoms with E-state index < -0.39 is 23.4 Å². The van der Waals surface area contributed by atoms with Crippen molar-refractivity contribution in [2.75, 3.05) is 0 Å². The average molecular weight is 383 g/mol. The summed E-state index contributed by atoms with van der Waals surface area (Å²) < 4.78 is 0. The first-order valence-electron chi connectivity index (χ1n) is 9.33. The Hall–Kier alpha value is -2.70. The van der Waals surface area contributed by atoms with Gasteiger partial charge in [-0.3, -0.25) is 14.8 Å². The van der Waals surface area contributed by atoms with Crippen LogP contribution in [0, 0.1) is 0 Å². The van der Waals surface area contributed by atoms with E-state index in [1.54, 1.807) is 31.5 Å². The number of hydroxylamine groups is 1. The highest BCUT2D eigenvalue weighted by molar-refractivity contribution is 5.97. The van der Waals surface area contributed by atoms with E-state index in [0.29, 0.717) is 11.5 Å². The van der Waals surface area contributed by atoms with Gasteiger partial charge in [0.25, 0.3) is 11.8 Å². The lowest BCUT2D eigenvalue weighted by atomic mass is 9.84. The highest BCUT2D eigenvalue weighted by Crippen LogP contribution is 2.32. The molecule has 0 heterocycles. The van der Waals surface area contributed by atoms with Gasteiger partial charge in [-0.05, 0) is 48.9 Å². The number of nitrogens with two attached hydrogens (primary N) is 1. The Morgan fingerprint density at radius 3 is 1.89 bits per heavy atom. The molecule has 150 valence electrons. The topological polar surface area (TPSA) is 104 Å². The second-order valence-electron chi connectivity index (χ2n) is 7.81. The average Bonchev–Trinajstić information content (AvgIpc) is 2.70. The first-order valence-corrected chi connectivity index (χ1v) is 9.33. The van der Waals surface area contributed by atoms with Crippen molar-refractivity contribution >= 4 is 11.8 Å². The molecule has 0 aliphatic carbocycles. The molecule has 28 heavy (non-hydrogen) atoms. The Kier molecular flexibility index (Phi) is 6.94. The van der Waals surface area contributed by atoms with Crippen LogP contribution in [0.5, 0.6) is 0 Å². The van der Waals surface area contributed by atoms with Gasteiger partial charge in [-0.1, -0.05) is 56.3 Å². The van der Waals surface area contributed by atoms with Gasteiger partial charge in [0.15, 0.2) is 0 Å². The van der Waals surface area contributed by atoms with E-state index >= 15 is 0 Å². The minimum Gasteiger partial charge on any atom is -0.338 e. The largest absolute Gasteiger partial charge is 0.338 e. The van der Waals surface area contributed by atoms with Gasteiger partial charge in [0, 0.05) is 11.1 Å². The van der Waals surface area contributed by atoms with Gasteiger partial charge >= 0.3 is 0 Å². The van der Waals surface area contributed by atoms with E-state index in [2.05, 4.69) is 31.3 Å². The number of hydrogen-bond donors (Lipinski definition) is 4. The zero-order valence-electron chi connectivity index (χ0n) is 16.8. The smallest absolute Gasteiger partial charge is 0.267 e. The van der Waals surface area contributed by atoms with Gasteiger partial charge in [0.05, 0.1) is 0 Å². The number of amides is 2. The minimum atomic E-state index is -1.07. The van der Waals surface area contributed by atoms with Gasteiger partial charge < -0.3 is 11.1 Å². The molecule has 0 fully saturated rings. The molecule has 2 rings (SSSR count). The molecule has 0 spiro atoms. The van der Waals surface area contributed by atoms with Crippen molar-refractivity contribution in [3.63, 3.8) is 0 Å². The minimum absolute atomic E-state index is 0.274. The van der Waals surface area contributed by atoms with Crippen molar-refractivity contribution in [3.05, 3.63) is 71.3 Å². The summed E-state index contributed by atoms with van der Waals surface area (Å²) in [4.78, 5) is 24.4. The Bertz CT molecular complexity index is 798. The molecule has 0 radical (unpaired) electrons. The molecule has 2 unspecified atom stereocenters. The molecule has 0 saturated carbocycles. The van der Waals surface area contributed by atoms with Crippen LogP contribution in [0.25, 0.3) is 0 Å². The fraction of sp³-hybridized carbons (Fsp3) is 0.364. The molecule has 0 aliphatic heterocycles. The summed E-state index contributed by atoms with van der Waals surface area (Å²) in [6, 6.07) is 16.5. The lowest BCUT2D eigenvalue weighted by Gasteiger charge is -2.29. The maximum atomic E-state index is 12.5. The predicted molar refractivity (Wildman–Crippen MR) is 109 cm³/mol. The van der Waals surface area contributed by atoms with Crippen molar-refractivity contribution in [3.8, 4) is 0 Å². The second-order valence-corrected chi connectivity index (χ2v) is 7.81. The molecule has 2 amide bonds. The third-order valence-electron chi connectivity index (χ3n) is 5.17. The van der Waals surface area contributed by atoms with Crippen LogP contribution in [0.1, 0.15) is 61.0 Å². The van der Waals surface area contributed by atoms with Crippen LogP contribution in [0.4, 0.5) is 0 Å². The molecule has 6 heteroatoms. The summed E-state index contributed by atoms with van der Waals surface area (Å²) in [5.74, 6) is -0.586. The van der Waals surface area contributed by atoms with E-state index in [9.17, 15) is 9.59 Å². The molecule has 2 aromatic rings. The molecule has 0 aromatic heterocycles. The number of hydrogen-bond acceptors (Lipinski definition) is 4. The molecule has 3 atom stereocenters. The van der Waals surface area contributed by atoms with Crippen LogP contribution in [-0.2, 0) is 4.79 Å². The molecule has 0 bridgehead atoms. The maximum Gasteiger partial charge on any atom is 0.267 e. The Morgan fingerprint density at radius 2 is 1.43 bits per heavy atom. The Balaban J connectivity index is 2.13. The number of rotatable bonds is 7. The van der Waals surface area contributed by atoms with Crippen molar-refractivity contribution in [1.29, 1.82) is 0 Å². The third-order valence-corrected chi connectivity index (χ3v) is 5.17. The van der Waals surface area contributed by atoms with Gasteiger partial charge in [-0.2, -0.15) is 0 Å². The van der Waals surface area contributed by atoms with Crippen LogP contribution < -0.4 is 16.5 Å². The maximum absolute atomic E-state index is 12.5. The number of carbonyl (C=O) groups excluding carboxylic acids is 2. The fourth-order valence-corrected chi connectivity index (χ4v) is 3.14. The fourth-order valence-electron chi connectivity index (χ4n) is 3.14. The van der Waals surface area contributed by atoms with Crippen LogP contribution in [0.15, 0.2) is 54.6 Å². The summed E-state index contributed by atoms with van der Waals surface area (Å²) in [5, 5.41) is 11.5. The summed E-state index contributed by atoms with van der Waals surface area (Å²) >= 11 is 0. The van der Waals surface area contributed by atoms with E-state index in [1.807, 2.05) is 30.3 Å². The van der Waals surface area contributed by atoms with Crippen molar-refractivity contribution in [2.24, 2.45) is 5.73 Å². The normalized spacial score (nSPS) is 14.6. The predicted octanol–water partition coefficient (Wildman–Crippen LogP) is 2.93. The Morgan fingerprint density at radius 1 is 0.929 bits per heavy atom. The van der Waals surface area contributed by atoms with Crippen LogP contribution in [0.2, 0.25) is 0 Å². The summed E-state index contributed by atoms with van der Waals surface area (Å²) in [6.07, 6.45) is 0. The molecule has 0 saturated heterocycles.